The first-order chi connectivity index (χ1) is 9.63. The van der Waals surface area contributed by atoms with Crippen LogP contribution < -0.4 is 5.32 Å². The number of hydrogen-bond acceptors (Lipinski definition) is 6. The maximum Gasteiger partial charge on any atom is 0.295 e. The molecule has 1 aromatic heterocycles. The Hall–Kier alpha value is -2.15. The number of nitrogens with zero attached hydrogens (tertiary/aromatic N) is 2. The highest BCUT2D eigenvalue weighted by atomic mass is 16.6. The molecule has 0 saturated heterocycles. The van der Waals surface area contributed by atoms with E-state index in [1.807, 2.05) is 0 Å². The average molecular weight is 279 g/mol. The molecule has 2 rings (SSSR count). The van der Waals surface area contributed by atoms with Crippen LogP contribution in [0.15, 0.2) is 22.6 Å². The van der Waals surface area contributed by atoms with Gasteiger partial charge >= 0.3 is 0 Å². The summed E-state index contributed by atoms with van der Waals surface area (Å²) in [5.41, 5.74) is 0.974. The molecule has 0 bridgehead atoms. The first-order valence-corrected chi connectivity index (χ1v) is 6.44. The van der Waals surface area contributed by atoms with Gasteiger partial charge in [0.25, 0.3) is 11.7 Å². The number of non-ortho nitro benzene ring substituents is 1. The molecule has 0 radical (unpaired) electrons. The molecule has 0 aliphatic carbocycles. The Labute approximate surface area is 116 Å². The molecule has 0 aliphatic heterocycles. The van der Waals surface area contributed by atoms with Crippen LogP contribution in [0.25, 0.3) is 11.1 Å². The topological polar surface area (TPSA) is 90.4 Å². The summed E-state index contributed by atoms with van der Waals surface area (Å²) >= 11 is 0. The second-order valence-corrected chi connectivity index (χ2v) is 4.51. The van der Waals surface area contributed by atoms with Gasteiger partial charge in [-0.15, -0.1) is 0 Å². The van der Waals surface area contributed by atoms with E-state index in [0.29, 0.717) is 23.7 Å². The van der Waals surface area contributed by atoms with Gasteiger partial charge < -0.3 is 14.5 Å². The van der Waals surface area contributed by atoms with Gasteiger partial charge in [-0.3, -0.25) is 10.1 Å². The van der Waals surface area contributed by atoms with Crippen LogP contribution in [-0.2, 0) is 4.74 Å². The number of benzene rings is 1. The molecular weight excluding hydrogens is 262 g/mol. The number of hydrogen-bond donors (Lipinski definition) is 1. The molecule has 108 valence electrons. The number of rotatable bonds is 7. The third-order valence-electron chi connectivity index (χ3n) is 2.92. The lowest BCUT2D eigenvalue weighted by atomic mass is 10.2. The van der Waals surface area contributed by atoms with Crippen LogP contribution in [0.2, 0.25) is 0 Å². The van der Waals surface area contributed by atoms with Crippen LogP contribution >= 0.6 is 0 Å². The maximum atomic E-state index is 10.7. The predicted molar refractivity (Wildman–Crippen MR) is 74.9 cm³/mol. The lowest BCUT2D eigenvalue weighted by molar-refractivity contribution is -0.384. The lowest BCUT2D eigenvalue weighted by Crippen LogP contribution is -2.24. The average Bonchev–Trinajstić information content (AvgIpc) is 2.80. The largest absolute Gasteiger partial charge is 0.423 e. The molecule has 0 amide bonds. The van der Waals surface area contributed by atoms with E-state index < -0.39 is 4.92 Å². The van der Waals surface area contributed by atoms with Crippen LogP contribution in [0, 0.1) is 10.1 Å². The van der Waals surface area contributed by atoms with Gasteiger partial charge in [-0.1, -0.05) is 13.3 Å². The highest BCUT2D eigenvalue weighted by Gasteiger charge is 2.14. The van der Waals surface area contributed by atoms with Crippen LogP contribution in [-0.4, -0.2) is 29.7 Å². The monoisotopic (exact) mass is 279 g/mol. The van der Waals surface area contributed by atoms with Crippen molar-refractivity contribution in [1.29, 1.82) is 0 Å². The standard InChI is InChI=1S/C13H17N3O4/c1-3-4-9(8-19-2)14-13-15-11-6-5-10(16(17)18)7-12(11)20-13/h5-7,9H,3-4,8H2,1-2H3,(H,14,15). The summed E-state index contributed by atoms with van der Waals surface area (Å²) in [7, 11) is 1.64. The van der Waals surface area contributed by atoms with Crippen LogP contribution in [0.4, 0.5) is 11.7 Å². The summed E-state index contributed by atoms with van der Waals surface area (Å²) in [6.45, 7) is 2.63. The quantitative estimate of drug-likeness (QED) is 0.619. The van der Waals surface area contributed by atoms with Crippen molar-refractivity contribution in [3.63, 3.8) is 0 Å². The first kappa shape index (κ1) is 14.3. The summed E-state index contributed by atoms with van der Waals surface area (Å²) in [6.07, 6.45) is 1.93. The van der Waals surface area contributed by atoms with Crippen LogP contribution in [0.3, 0.4) is 0 Å². The zero-order chi connectivity index (χ0) is 14.5. The van der Waals surface area contributed by atoms with E-state index in [2.05, 4.69) is 17.2 Å². The molecule has 20 heavy (non-hydrogen) atoms. The summed E-state index contributed by atoms with van der Waals surface area (Å²) < 4.78 is 10.6. The molecule has 0 fully saturated rings. The van der Waals surface area contributed by atoms with Crippen molar-refractivity contribution >= 4 is 22.8 Å². The van der Waals surface area contributed by atoms with E-state index in [4.69, 9.17) is 9.15 Å². The minimum atomic E-state index is -0.458. The van der Waals surface area contributed by atoms with Crippen molar-refractivity contribution in [2.45, 2.75) is 25.8 Å². The van der Waals surface area contributed by atoms with Crippen LogP contribution in [0.1, 0.15) is 19.8 Å². The molecule has 0 spiro atoms. The van der Waals surface area contributed by atoms with Crippen molar-refractivity contribution in [1.82, 2.24) is 4.98 Å². The number of ether oxygens (including phenoxy) is 1. The zero-order valence-corrected chi connectivity index (χ0v) is 11.5. The second kappa shape index (κ2) is 6.33. The van der Waals surface area contributed by atoms with Crippen molar-refractivity contribution in [3.8, 4) is 0 Å². The molecule has 1 N–H and O–H groups in total. The Bertz CT molecular complexity index is 590. The molecule has 1 atom stereocenters. The van der Waals surface area contributed by atoms with Crippen molar-refractivity contribution in [2.75, 3.05) is 19.0 Å². The normalized spacial score (nSPS) is 12.5. The SMILES string of the molecule is CCCC(COC)Nc1nc2ccc([N+](=O)[O-])cc2o1. The molecule has 7 nitrogen and oxygen atoms in total. The van der Waals surface area contributed by atoms with E-state index in [9.17, 15) is 10.1 Å². The molecule has 1 aromatic carbocycles. The number of aromatic nitrogens is 1. The Kier molecular flexibility index (Phi) is 4.52. The van der Waals surface area contributed by atoms with E-state index in [0.717, 1.165) is 12.8 Å². The fraction of sp³-hybridized carbons (Fsp3) is 0.462. The highest BCUT2D eigenvalue weighted by molar-refractivity contribution is 5.77. The van der Waals surface area contributed by atoms with Gasteiger partial charge in [-0.25, -0.2) is 0 Å². The number of oxazole rings is 1. The first-order valence-electron chi connectivity index (χ1n) is 6.44. The van der Waals surface area contributed by atoms with Gasteiger partial charge in [0.05, 0.1) is 23.6 Å². The summed E-state index contributed by atoms with van der Waals surface area (Å²) in [5.74, 6) is 0. The smallest absolute Gasteiger partial charge is 0.295 e. The van der Waals surface area contributed by atoms with Gasteiger partial charge in [0.15, 0.2) is 5.58 Å². The Morgan fingerprint density at radius 3 is 3.00 bits per heavy atom. The number of nitro groups is 1. The fourth-order valence-corrected chi connectivity index (χ4v) is 2.01. The zero-order valence-electron chi connectivity index (χ0n) is 11.5. The van der Waals surface area contributed by atoms with Gasteiger partial charge in [-0.05, 0) is 12.5 Å². The van der Waals surface area contributed by atoms with Gasteiger partial charge in [0.1, 0.15) is 5.52 Å². The predicted octanol–water partition coefficient (Wildman–Crippen LogP) is 2.96. The fourth-order valence-electron chi connectivity index (χ4n) is 2.01. The van der Waals surface area contributed by atoms with Crippen molar-refractivity contribution in [2.24, 2.45) is 0 Å². The number of methoxy groups -OCH3 is 1. The summed E-state index contributed by atoms with van der Waals surface area (Å²) in [6, 6.07) is 4.82. The summed E-state index contributed by atoms with van der Waals surface area (Å²) in [4.78, 5) is 14.5. The Morgan fingerprint density at radius 2 is 2.35 bits per heavy atom. The lowest BCUT2D eigenvalue weighted by Gasteiger charge is -2.15. The number of fused-ring (bicyclic) bond motifs is 1. The molecule has 7 heteroatoms. The van der Waals surface area contributed by atoms with Gasteiger partial charge in [0.2, 0.25) is 0 Å². The Balaban J connectivity index is 2.20. The minimum Gasteiger partial charge on any atom is -0.423 e. The summed E-state index contributed by atoms with van der Waals surface area (Å²) in [5, 5.41) is 13.9. The minimum absolute atomic E-state index is 0.0119. The molecule has 1 heterocycles. The number of anilines is 1. The van der Waals surface area contributed by atoms with Crippen molar-refractivity contribution < 1.29 is 14.1 Å². The van der Waals surface area contributed by atoms with Crippen molar-refractivity contribution in [3.05, 3.63) is 28.3 Å². The van der Waals surface area contributed by atoms with Gasteiger partial charge in [-0.2, -0.15) is 4.98 Å². The molecule has 2 aromatic rings. The molecule has 0 saturated carbocycles. The molecule has 1 unspecified atom stereocenters. The van der Waals surface area contributed by atoms with E-state index in [-0.39, 0.29) is 11.7 Å². The number of nitro benzene ring substituents is 1. The third kappa shape index (κ3) is 3.24. The van der Waals surface area contributed by atoms with E-state index in [1.54, 1.807) is 13.2 Å². The molecular formula is C13H17N3O4. The highest BCUT2D eigenvalue weighted by Crippen LogP contribution is 2.24. The van der Waals surface area contributed by atoms with E-state index in [1.165, 1.54) is 12.1 Å². The maximum absolute atomic E-state index is 10.7. The molecule has 0 aliphatic rings. The van der Waals surface area contributed by atoms with E-state index >= 15 is 0 Å². The van der Waals surface area contributed by atoms with Gasteiger partial charge in [0, 0.05) is 13.2 Å². The van der Waals surface area contributed by atoms with Crippen LogP contribution in [0.5, 0.6) is 0 Å². The second-order valence-electron chi connectivity index (χ2n) is 4.51. The third-order valence-corrected chi connectivity index (χ3v) is 2.92. The Morgan fingerprint density at radius 1 is 1.55 bits per heavy atom. The number of nitrogens with one attached hydrogen (secondary N) is 1.